The predicted octanol–water partition coefficient (Wildman–Crippen LogP) is 3.35. The van der Waals surface area contributed by atoms with Crippen molar-refractivity contribution in [3.63, 3.8) is 0 Å². The first-order chi connectivity index (χ1) is 12.5. The Balaban J connectivity index is 1.84. The van der Waals surface area contributed by atoms with Gasteiger partial charge in [-0.2, -0.15) is 5.10 Å². The highest BCUT2D eigenvalue weighted by Crippen LogP contribution is 2.24. The smallest absolute Gasteiger partial charge is 0.272 e. The molecule has 3 aromatic rings. The van der Waals surface area contributed by atoms with Gasteiger partial charge in [0.1, 0.15) is 11.4 Å². The first kappa shape index (κ1) is 18.4. The third kappa shape index (κ3) is 4.39. The maximum absolute atomic E-state index is 13.2. The number of nitrogens with zero attached hydrogens (tertiary/aromatic N) is 4. The summed E-state index contributed by atoms with van der Waals surface area (Å²) >= 11 is 1.63. The summed E-state index contributed by atoms with van der Waals surface area (Å²) in [5.41, 5.74) is 2.58. The van der Waals surface area contributed by atoms with Crippen molar-refractivity contribution in [2.24, 2.45) is 7.05 Å². The summed E-state index contributed by atoms with van der Waals surface area (Å²) in [5, 5.41) is 6.55. The molecule has 2 heterocycles. The quantitative estimate of drug-likeness (QED) is 0.642. The van der Waals surface area contributed by atoms with Crippen molar-refractivity contribution in [1.29, 1.82) is 0 Å². The Morgan fingerprint density at radius 1 is 1.12 bits per heavy atom. The Bertz CT molecular complexity index is 840. The number of likely N-dealkylation sites (N-methyl/N-ethyl adjacent to an activating group) is 1. The van der Waals surface area contributed by atoms with Gasteiger partial charge in [-0.05, 0) is 37.2 Å². The van der Waals surface area contributed by atoms with E-state index in [1.54, 1.807) is 16.0 Å². The lowest BCUT2D eigenvalue weighted by atomic mass is 10.2. The molecule has 0 aliphatic carbocycles. The number of hydrogen-bond acceptors (Lipinski definition) is 4. The number of benzene rings is 1. The van der Waals surface area contributed by atoms with Crippen LogP contribution in [0.25, 0.3) is 10.6 Å². The van der Waals surface area contributed by atoms with E-state index in [0.717, 1.165) is 22.7 Å². The molecule has 0 fully saturated rings. The number of carbonyl (C=O) groups is 1. The summed E-state index contributed by atoms with van der Waals surface area (Å²) in [6.45, 7) is 2.07. The van der Waals surface area contributed by atoms with E-state index in [1.807, 2.05) is 67.8 Å². The first-order valence-corrected chi connectivity index (χ1v) is 9.48. The van der Waals surface area contributed by atoms with Crippen LogP contribution in [-0.4, -0.2) is 52.7 Å². The molecule has 0 spiro atoms. The molecule has 1 amide bonds. The van der Waals surface area contributed by atoms with E-state index < -0.39 is 0 Å². The lowest BCUT2D eigenvalue weighted by Gasteiger charge is -2.24. The van der Waals surface area contributed by atoms with Gasteiger partial charge in [0.2, 0.25) is 0 Å². The van der Waals surface area contributed by atoms with Gasteiger partial charge in [-0.1, -0.05) is 36.4 Å². The van der Waals surface area contributed by atoms with Gasteiger partial charge in [0.15, 0.2) is 0 Å². The molecule has 1 aromatic carbocycles. The van der Waals surface area contributed by atoms with Gasteiger partial charge in [-0.25, -0.2) is 0 Å². The molecule has 5 nitrogen and oxygen atoms in total. The van der Waals surface area contributed by atoms with Crippen LogP contribution < -0.4 is 0 Å². The largest absolute Gasteiger partial charge is 0.332 e. The molecular weight excluding hydrogens is 344 g/mol. The lowest BCUT2D eigenvalue weighted by molar-refractivity contribution is 0.0721. The van der Waals surface area contributed by atoms with Gasteiger partial charge >= 0.3 is 0 Å². The van der Waals surface area contributed by atoms with E-state index in [9.17, 15) is 4.79 Å². The first-order valence-electron chi connectivity index (χ1n) is 8.60. The van der Waals surface area contributed by atoms with E-state index in [-0.39, 0.29) is 5.91 Å². The summed E-state index contributed by atoms with van der Waals surface area (Å²) in [6.07, 6.45) is 0. The number of aryl methyl sites for hydroxylation is 1. The fraction of sp³-hybridized carbons (Fsp3) is 0.300. The third-order valence-electron chi connectivity index (χ3n) is 4.19. The van der Waals surface area contributed by atoms with Gasteiger partial charge < -0.3 is 9.80 Å². The molecule has 3 rings (SSSR count). The zero-order chi connectivity index (χ0) is 18.5. The Hall–Kier alpha value is -2.44. The van der Waals surface area contributed by atoms with Crippen LogP contribution in [0.5, 0.6) is 0 Å². The van der Waals surface area contributed by atoms with Crippen molar-refractivity contribution in [1.82, 2.24) is 19.6 Å². The maximum atomic E-state index is 13.2. The SMILES string of the molecule is CN(C)CCN(Cc1ccccc1)C(=O)c1cc(-c2cccs2)nn1C. The number of aromatic nitrogens is 2. The summed E-state index contributed by atoms with van der Waals surface area (Å²) in [6, 6.07) is 16.0. The molecule has 0 saturated heterocycles. The number of thiophene rings is 1. The van der Waals surface area contributed by atoms with Crippen LogP contribution in [0, 0.1) is 0 Å². The predicted molar refractivity (Wildman–Crippen MR) is 106 cm³/mol. The summed E-state index contributed by atoms with van der Waals surface area (Å²) in [7, 11) is 5.87. The highest BCUT2D eigenvalue weighted by Gasteiger charge is 2.21. The molecule has 0 atom stereocenters. The molecule has 0 N–H and O–H groups in total. The molecule has 0 bridgehead atoms. The molecule has 0 unspecified atom stereocenters. The van der Waals surface area contributed by atoms with E-state index in [2.05, 4.69) is 22.1 Å². The highest BCUT2D eigenvalue weighted by molar-refractivity contribution is 7.13. The number of carbonyl (C=O) groups excluding carboxylic acids is 1. The molecule has 6 heteroatoms. The molecule has 0 aliphatic heterocycles. The molecule has 26 heavy (non-hydrogen) atoms. The van der Waals surface area contributed by atoms with E-state index in [4.69, 9.17) is 0 Å². The van der Waals surface area contributed by atoms with Gasteiger partial charge in [-0.3, -0.25) is 9.48 Å². The monoisotopic (exact) mass is 368 g/mol. The Morgan fingerprint density at radius 3 is 2.54 bits per heavy atom. The molecule has 0 aliphatic rings. The van der Waals surface area contributed by atoms with E-state index in [0.29, 0.717) is 18.8 Å². The average molecular weight is 369 g/mol. The summed E-state index contributed by atoms with van der Waals surface area (Å²) in [4.78, 5) is 18.3. The van der Waals surface area contributed by atoms with Crippen LogP contribution in [0.2, 0.25) is 0 Å². The Kier molecular flexibility index (Phi) is 5.85. The topological polar surface area (TPSA) is 41.4 Å². The Morgan fingerprint density at radius 2 is 1.88 bits per heavy atom. The molecular formula is C20H24N4OS. The minimum Gasteiger partial charge on any atom is -0.332 e. The third-order valence-corrected chi connectivity index (χ3v) is 5.09. The van der Waals surface area contributed by atoms with E-state index >= 15 is 0 Å². The van der Waals surface area contributed by atoms with Gasteiger partial charge in [0.25, 0.3) is 5.91 Å². The lowest BCUT2D eigenvalue weighted by Crippen LogP contribution is -2.37. The van der Waals surface area contributed by atoms with Crippen LogP contribution in [0.1, 0.15) is 16.1 Å². The van der Waals surface area contributed by atoms with Crippen molar-refractivity contribution in [3.05, 3.63) is 65.2 Å². The second kappa shape index (κ2) is 8.29. The highest BCUT2D eigenvalue weighted by atomic mass is 32.1. The molecule has 0 radical (unpaired) electrons. The van der Waals surface area contributed by atoms with Gasteiger partial charge in [0.05, 0.1) is 4.88 Å². The van der Waals surface area contributed by atoms with Gasteiger partial charge in [-0.15, -0.1) is 11.3 Å². The standard InChI is InChI=1S/C20H24N4OS/c1-22(2)11-12-24(15-16-8-5-4-6-9-16)20(25)18-14-17(21-23(18)3)19-10-7-13-26-19/h4-10,13-14H,11-12,15H2,1-3H3. The van der Waals surface area contributed by atoms with Crippen LogP contribution in [0.4, 0.5) is 0 Å². The summed E-state index contributed by atoms with van der Waals surface area (Å²) in [5.74, 6) is 0.00788. The van der Waals surface area contributed by atoms with Crippen LogP contribution in [0.15, 0.2) is 53.9 Å². The van der Waals surface area contributed by atoms with Crippen molar-refractivity contribution in [3.8, 4) is 10.6 Å². The second-order valence-corrected chi connectivity index (χ2v) is 7.48. The van der Waals surface area contributed by atoms with Crippen molar-refractivity contribution >= 4 is 17.2 Å². The van der Waals surface area contributed by atoms with Crippen molar-refractivity contribution < 1.29 is 4.79 Å². The van der Waals surface area contributed by atoms with Crippen LogP contribution in [0.3, 0.4) is 0 Å². The minimum absolute atomic E-state index is 0.00788. The molecule has 136 valence electrons. The fourth-order valence-corrected chi connectivity index (χ4v) is 3.43. The number of rotatable bonds is 7. The number of amides is 1. The summed E-state index contributed by atoms with van der Waals surface area (Å²) < 4.78 is 1.69. The van der Waals surface area contributed by atoms with Crippen LogP contribution >= 0.6 is 11.3 Å². The zero-order valence-corrected chi connectivity index (χ0v) is 16.2. The zero-order valence-electron chi connectivity index (χ0n) is 15.4. The maximum Gasteiger partial charge on any atom is 0.272 e. The average Bonchev–Trinajstić information content (AvgIpc) is 3.28. The van der Waals surface area contributed by atoms with Crippen LogP contribution in [-0.2, 0) is 13.6 Å². The number of hydrogen-bond donors (Lipinski definition) is 0. The van der Waals surface area contributed by atoms with Crippen molar-refractivity contribution in [2.75, 3.05) is 27.2 Å². The fourth-order valence-electron chi connectivity index (χ4n) is 2.75. The van der Waals surface area contributed by atoms with Gasteiger partial charge in [0, 0.05) is 26.7 Å². The second-order valence-electron chi connectivity index (χ2n) is 6.53. The van der Waals surface area contributed by atoms with E-state index in [1.165, 1.54) is 0 Å². The van der Waals surface area contributed by atoms with Crippen molar-refractivity contribution in [2.45, 2.75) is 6.54 Å². The Labute approximate surface area is 158 Å². The normalized spacial score (nSPS) is 11.1. The molecule has 0 saturated carbocycles. The molecule has 2 aromatic heterocycles. The minimum atomic E-state index is 0.00788.